The van der Waals surface area contributed by atoms with E-state index >= 15 is 0 Å². The van der Waals surface area contributed by atoms with Crippen LogP contribution in [0.5, 0.6) is 0 Å². The Kier molecular flexibility index (Phi) is 4.50. The number of hydrogen-bond donors (Lipinski definition) is 1. The molecule has 2 rings (SSSR count). The van der Waals surface area contributed by atoms with Crippen molar-refractivity contribution < 1.29 is 4.79 Å². The van der Waals surface area contributed by atoms with E-state index in [-0.39, 0.29) is 5.91 Å². The summed E-state index contributed by atoms with van der Waals surface area (Å²) in [5.74, 6) is -0.206. The van der Waals surface area contributed by atoms with Gasteiger partial charge in [0, 0.05) is 15.1 Å². The van der Waals surface area contributed by atoms with E-state index in [1.807, 2.05) is 19.1 Å². The first kappa shape index (κ1) is 14.4. The summed E-state index contributed by atoms with van der Waals surface area (Å²) >= 11 is 15.2. The van der Waals surface area contributed by atoms with Crippen LogP contribution in [0.15, 0.2) is 40.9 Å². The molecule has 1 N–H and O–H groups in total. The Morgan fingerprint density at radius 1 is 1.16 bits per heavy atom. The summed E-state index contributed by atoms with van der Waals surface area (Å²) in [4.78, 5) is 12.2. The Morgan fingerprint density at radius 3 is 2.58 bits per heavy atom. The van der Waals surface area contributed by atoms with Crippen LogP contribution in [-0.2, 0) is 0 Å². The fourth-order valence-corrected chi connectivity index (χ4v) is 2.44. The van der Waals surface area contributed by atoms with E-state index in [1.54, 1.807) is 24.3 Å². The normalized spacial score (nSPS) is 10.3. The molecule has 0 bridgehead atoms. The predicted molar refractivity (Wildman–Crippen MR) is 83.3 cm³/mol. The second-order valence-electron chi connectivity index (χ2n) is 4.04. The van der Waals surface area contributed by atoms with Gasteiger partial charge in [-0.3, -0.25) is 4.79 Å². The van der Waals surface area contributed by atoms with Crippen molar-refractivity contribution in [1.82, 2.24) is 0 Å². The number of anilines is 1. The summed E-state index contributed by atoms with van der Waals surface area (Å²) < 4.78 is 0.852. The molecule has 2 aromatic rings. The first-order chi connectivity index (χ1) is 8.97. The number of halogens is 3. The topological polar surface area (TPSA) is 29.1 Å². The van der Waals surface area contributed by atoms with Crippen LogP contribution >= 0.6 is 39.1 Å². The first-order valence-corrected chi connectivity index (χ1v) is 7.05. The molecule has 0 saturated heterocycles. The molecule has 0 spiro atoms. The molecule has 0 aromatic heterocycles. The average molecular weight is 359 g/mol. The summed E-state index contributed by atoms with van der Waals surface area (Å²) in [6, 6.07) is 10.5. The highest BCUT2D eigenvalue weighted by Crippen LogP contribution is 2.26. The van der Waals surface area contributed by atoms with Crippen LogP contribution in [0.25, 0.3) is 0 Å². The largest absolute Gasteiger partial charge is 0.321 e. The monoisotopic (exact) mass is 357 g/mol. The van der Waals surface area contributed by atoms with Crippen molar-refractivity contribution in [1.29, 1.82) is 0 Å². The molecule has 0 aliphatic rings. The molecule has 5 heteroatoms. The van der Waals surface area contributed by atoms with Gasteiger partial charge in [0.1, 0.15) is 0 Å². The first-order valence-electron chi connectivity index (χ1n) is 5.50. The molecule has 2 nitrogen and oxygen atoms in total. The van der Waals surface area contributed by atoms with Crippen LogP contribution in [0.2, 0.25) is 10.0 Å². The highest BCUT2D eigenvalue weighted by molar-refractivity contribution is 9.10. The molecule has 0 fully saturated rings. The van der Waals surface area contributed by atoms with E-state index < -0.39 is 0 Å². The van der Waals surface area contributed by atoms with Crippen molar-refractivity contribution in [2.45, 2.75) is 6.92 Å². The average Bonchev–Trinajstić information content (AvgIpc) is 2.35. The highest BCUT2D eigenvalue weighted by Gasteiger charge is 2.11. The Morgan fingerprint density at radius 2 is 1.89 bits per heavy atom. The van der Waals surface area contributed by atoms with Crippen molar-refractivity contribution in [3.05, 3.63) is 62.0 Å². The van der Waals surface area contributed by atoms with E-state index in [9.17, 15) is 4.79 Å². The SMILES string of the molecule is Cc1ccc(Br)cc1C(=O)Nc1ccc(Cl)cc1Cl. The van der Waals surface area contributed by atoms with E-state index in [0.717, 1.165) is 10.0 Å². The molecule has 0 unspecified atom stereocenters. The molecule has 0 radical (unpaired) electrons. The van der Waals surface area contributed by atoms with Crippen LogP contribution in [0.3, 0.4) is 0 Å². The summed E-state index contributed by atoms with van der Waals surface area (Å²) in [5.41, 5.74) is 2.03. The number of carbonyl (C=O) groups excluding carboxylic acids is 1. The maximum Gasteiger partial charge on any atom is 0.256 e. The van der Waals surface area contributed by atoms with Gasteiger partial charge in [0.25, 0.3) is 5.91 Å². The molecule has 19 heavy (non-hydrogen) atoms. The number of benzene rings is 2. The van der Waals surface area contributed by atoms with Crippen LogP contribution < -0.4 is 5.32 Å². The number of carbonyl (C=O) groups is 1. The molecule has 0 saturated carbocycles. The second-order valence-corrected chi connectivity index (χ2v) is 5.80. The van der Waals surface area contributed by atoms with Gasteiger partial charge in [-0.1, -0.05) is 45.2 Å². The third-order valence-electron chi connectivity index (χ3n) is 2.62. The zero-order chi connectivity index (χ0) is 14.0. The number of hydrogen-bond acceptors (Lipinski definition) is 1. The Bertz CT molecular complexity index is 643. The van der Waals surface area contributed by atoms with Crippen molar-refractivity contribution in [3.63, 3.8) is 0 Å². The van der Waals surface area contributed by atoms with Gasteiger partial charge in [-0.2, -0.15) is 0 Å². The molecule has 0 aliphatic carbocycles. The van der Waals surface area contributed by atoms with Gasteiger partial charge in [-0.15, -0.1) is 0 Å². The lowest BCUT2D eigenvalue weighted by molar-refractivity contribution is 0.102. The van der Waals surface area contributed by atoms with Crippen molar-refractivity contribution in [2.24, 2.45) is 0 Å². The van der Waals surface area contributed by atoms with Crippen molar-refractivity contribution in [2.75, 3.05) is 5.32 Å². The molecular weight excluding hydrogens is 349 g/mol. The zero-order valence-corrected chi connectivity index (χ0v) is 13.1. The van der Waals surface area contributed by atoms with Crippen LogP contribution in [0.1, 0.15) is 15.9 Å². The lowest BCUT2D eigenvalue weighted by Gasteiger charge is -2.09. The van der Waals surface area contributed by atoms with Crippen LogP contribution in [0.4, 0.5) is 5.69 Å². The minimum absolute atomic E-state index is 0.206. The predicted octanol–water partition coefficient (Wildman–Crippen LogP) is 5.32. The number of aryl methyl sites for hydroxylation is 1. The maximum absolute atomic E-state index is 12.2. The second kappa shape index (κ2) is 5.95. The lowest BCUT2D eigenvalue weighted by Crippen LogP contribution is -2.13. The van der Waals surface area contributed by atoms with Gasteiger partial charge in [0.05, 0.1) is 10.7 Å². The minimum atomic E-state index is -0.206. The van der Waals surface area contributed by atoms with Gasteiger partial charge < -0.3 is 5.32 Å². The van der Waals surface area contributed by atoms with Gasteiger partial charge >= 0.3 is 0 Å². The van der Waals surface area contributed by atoms with Gasteiger partial charge in [-0.05, 0) is 42.8 Å². The number of rotatable bonds is 2. The Hall–Kier alpha value is -1.03. The molecule has 0 heterocycles. The number of nitrogens with one attached hydrogen (secondary N) is 1. The molecule has 2 aromatic carbocycles. The van der Waals surface area contributed by atoms with E-state index in [2.05, 4.69) is 21.2 Å². The molecule has 1 amide bonds. The Balaban J connectivity index is 2.28. The van der Waals surface area contributed by atoms with Crippen molar-refractivity contribution in [3.8, 4) is 0 Å². The number of amides is 1. The van der Waals surface area contributed by atoms with Gasteiger partial charge in [-0.25, -0.2) is 0 Å². The summed E-state index contributed by atoms with van der Waals surface area (Å²) in [7, 11) is 0. The van der Waals surface area contributed by atoms with Crippen LogP contribution in [0, 0.1) is 6.92 Å². The van der Waals surface area contributed by atoms with Gasteiger partial charge in [0.15, 0.2) is 0 Å². The van der Waals surface area contributed by atoms with Crippen LogP contribution in [-0.4, -0.2) is 5.91 Å². The third-order valence-corrected chi connectivity index (χ3v) is 3.66. The molecular formula is C14H10BrCl2NO. The standard InChI is InChI=1S/C14H10BrCl2NO/c1-8-2-3-9(15)6-11(8)14(19)18-13-5-4-10(16)7-12(13)17/h2-7H,1H3,(H,18,19). The van der Waals surface area contributed by atoms with E-state index in [0.29, 0.717) is 21.3 Å². The van der Waals surface area contributed by atoms with E-state index in [1.165, 1.54) is 0 Å². The fraction of sp³-hybridized carbons (Fsp3) is 0.0714. The highest BCUT2D eigenvalue weighted by atomic mass is 79.9. The smallest absolute Gasteiger partial charge is 0.256 e. The minimum Gasteiger partial charge on any atom is -0.321 e. The summed E-state index contributed by atoms with van der Waals surface area (Å²) in [6.45, 7) is 1.88. The Labute approximate surface area is 129 Å². The zero-order valence-electron chi connectivity index (χ0n) is 10.0. The van der Waals surface area contributed by atoms with E-state index in [4.69, 9.17) is 23.2 Å². The summed E-state index contributed by atoms with van der Waals surface area (Å²) in [5, 5.41) is 3.71. The van der Waals surface area contributed by atoms with Crippen molar-refractivity contribution >= 4 is 50.7 Å². The third kappa shape index (κ3) is 3.50. The lowest BCUT2D eigenvalue weighted by atomic mass is 10.1. The molecule has 0 atom stereocenters. The molecule has 0 aliphatic heterocycles. The maximum atomic E-state index is 12.2. The van der Waals surface area contributed by atoms with Gasteiger partial charge in [0.2, 0.25) is 0 Å². The quantitative estimate of drug-likeness (QED) is 0.773. The molecule has 98 valence electrons. The fourth-order valence-electron chi connectivity index (χ4n) is 1.62. The summed E-state index contributed by atoms with van der Waals surface area (Å²) in [6.07, 6.45) is 0.